The summed E-state index contributed by atoms with van der Waals surface area (Å²) in [5.41, 5.74) is 1.23. The first-order chi connectivity index (χ1) is 16.8. The first-order valence-corrected chi connectivity index (χ1v) is 12.8. The third-order valence-corrected chi connectivity index (χ3v) is 8.38. The van der Waals surface area contributed by atoms with Crippen molar-refractivity contribution < 1.29 is 32.2 Å². The van der Waals surface area contributed by atoms with Gasteiger partial charge in [0.15, 0.2) is 15.6 Å². The SMILES string of the molecule is O=NC(CS(=O)(=O)C1CCCC(C(=O)O)C1)c1cc(C#CCc2ccc(F)cc2)nc2c1OCO2. The van der Waals surface area contributed by atoms with Crippen LogP contribution >= 0.6 is 0 Å². The number of pyridine rings is 1. The van der Waals surface area contributed by atoms with Crippen molar-refractivity contribution in [2.45, 2.75) is 43.4 Å². The van der Waals surface area contributed by atoms with Crippen LogP contribution in [0, 0.1) is 28.5 Å². The standard InChI is InChI=1S/C24H23FN2O7S/c25-17-9-7-15(8-10-17)3-1-5-18-12-20(22-23(26-18)34-14-33-22)21(27-30)13-35(31,32)19-6-2-4-16(11-19)24(28)29/h7-10,12,16,19,21H,2-4,6,11,13-14H2,(H,28,29). The molecule has 0 radical (unpaired) electrons. The lowest BCUT2D eigenvalue weighted by molar-refractivity contribution is -0.142. The maximum Gasteiger partial charge on any atom is 0.306 e. The van der Waals surface area contributed by atoms with E-state index in [4.69, 9.17) is 9.47 Å². The molecule has 1 N–H and O–H groups in total. The van der Waals surface area contributed by atoms with Crippen LogP contribution in [0.3, 0.4) is 0 Å². The number of benzene rings is 1. The van der Waals surface area contributed by atoms with Crippen molar-refractivity contribution >= 4 is 15.8 Å². The smallest absolute Gasteiger partial charge is 0.306 e. The number of rotatable bonds is 7. The summed E-state index contributed by atoms with van der Waals surface area (Å²) >= 11 is 0. The lowest BCUT2D eigenvalue weighted by Gasteiger charge is -2.27. The molecule has 35 heavy (non-hydrogen) atoms. The maximum atomic E-state index is 13.1. The molecule has 0 bridgehead atoms. The topological polar surface area (TPSA) is 132 Å². The highest BCUT2D eigenvalue weighted by Gasteiger charge is 2.38. The Bertz CT molecular complexity index is 1290. The van der Waals surface area contributed by atoms with E-state index in [9.17, 15) is 27.6 Å². The third-order valence-electron chi connectivity index (χ3n) is 6.15. The number of halogens is 1. The number of aliphatic carboxylic acids is 1. The van der Waals surface area contributed by atoms with E-state index in [0.29, 0.717) is 25.7 Å². The number of nitrogens with zero attached hydrogens (tertiary/aromatic N) is 2. The average Bonchev–Trinajstić information content (AvgIpc) is 3.32. The summed E-state index contributed by atoms with van der Waals surface area (Å²) in [5.74, 6) is 3.31. The van der Waals surface area contributed by atoms with Gasteiger partial charge in [0, 0.05) is 12.0 Å². The van der Waals surface area contributed by atoms with Gasteiger partial charge in [-0.2, -0.15) is 4.91 Å². The summed E-state index contributed by atoms with van der Waals surface area (Å²) in [7, 11) is -3.84. The van der Waals surface area contributed by atoms with E-state index < -0.39 is 38.8 Å². The molecule has 0 amide bonds. The number of aromatic nitrogens is 1. The number of carboxylic acids is 1. The summed E-state index contributed by atoms with van der Waals surface area (Å²) in [4.78, 5) is 27.4. The van der Waals surface area contributed by atoms with Gasteiger partial charge < -0.3 is 14.6 Å². The van der Waals surface area contributed by atoms with Crippen LogP contribution in [0.15, 0.2) is 35.5 Å². The van der Waals surface area contributed by atoms with Crippen molar-refractivity contribution in [2.75, 3.05) is 12.5 Å². The van der Waals surface area contributed by atoms with E-state index in [1.165, 1.54) is 18.2 Å². The van der Waals surface area contributed by atoms with Gasteiger partial charge in [-0.15, -0.1) is 0 Å². The summed E-state index contributed by atoms with van der Waals surface area (Å²) in [5, 5.41) is 11.5. The van der Waals surface area contributed by atoms with Crippen molar-refractivity contribution in [1.29, 1.82) is 0 Å². The molecule has 9 nitrogen and oxygen atoms in total. The fraction of sp³-hybridized carbons (Fsp3) is 0.417. The molecule has 2 aliphatic rings. The van der Waals surface area contributed by atoms with E-state index in [1.54, 1.807) is 12.1 Å². The van der Waals surface area contributed by atoms with Crippen LogP contribution in [0.25, 0.3) is 0 Å². The highest BCUT2D eigenvalue weighted by molar-refractivity contribution is 7.92. The molecule has 1 aromatic heterocycles. The molecule has 1 aliphatic carbocycles. The van der Waals surface area contributed by atoms with Crippen molar-refractivity contribution in [2.24, 2.45) is 11.1 Å². The van der Waals surface area contributed by atoms with E-state index in [1.807, 2.05) is 0 Å². The number of nitroso groups, excluding NO2 is 1. The monoisotopic (exact) mass is 502 g/mol. The van der Waals surface area contributed by atoms with Crippen LogP contribution in [0.4, 0.5) is 4.39 Å². The predicted molar refractivity (Wildman–Crippen MR) is 123 cm³/mol. The molecule has 4 rings (SSSR count). The van der Waals surface area contributed by atoms with E-state index in [-0.39, 0.29) is 41.9 Å². The van der Waals surface area contributed by atoms with Gasteiger partial charge in [0.1, 0.15) is 17.6 Å². The maximum absolute atomic E-state index is 13.1. The Morgan fingerprint density at radius 2 is 2.03 bits per heavy atom. The largest absolute Gasteiger partial charge is 0.481 e. The van der Waals surface area contributed by atoms with Gasteiger partial charge in [0.05, 0.1) is 16.9 Å². The number of hydrogen-bond donors (Lipinski definition) is 1. The Balaban J connectivity index is 1.57. The fourth-order valence-electron chi connectivity index (χ4n) is 4.30. The molecule has 184 valence electrons. The minimum absolute atomic E-state index is 0.0113. The van der Waals surface area contributed by atoms with Gasteiger partial charge >= 0.3 is 5.97 Å². The summed E-state index contributed by atoms with van der Waals surface area (Å²) in [6.07, 6.45) is 1.58. The van der Waals surface area contributed by atoms with Crippen molar-refractivity contribution in [3.63, 3.8) is 0 Å². The van der Waals surface area contributed by atoms with Gasteiger partial charge in [0.2, 0.25) is 6.79 Å². The molecule has 2 heterocycles. The zero-order chi connectivity index (χ0) is 25.0. The van der Waals surface area contributed by atoms with Crippen LogP contribution in [0.2, 0.25) is 0 Å². The second-order valence-electron chi connectivity index (χ2n) is 8.52. The number of ether oxygens (including phenoxy) is 2. The lowest BCUT2D eigenvalue weighted by Crippen LogP contribution is -2.34. The van der Waals surface area contributed by atoms with Crippen molar-refractivity contribution in [1.82, 2.24) is 4.98 Å². The zero-order valence-electron chi connectivity index (χ0n) is 18.6. The molecule has 1 saturated carbocycles. The number of carbonyl (C=O) groups is 1. The van der Waals surface area contributed by atoms with Gasteiger partial charge in [-0.3, -0.25) is 4.79 Å². The normalized spacial score (nSPS) is 19.9. The Hall–Kier alpha value is -3.52. The Labute approximate surface area is 201 Å². The quantitative estimate of drug-likeness (QED) is 0.450. The van der Waals surface area contributed by atoms with E-state index >= 15 is 0 Å². The Kier molecular flexibility index (Phi) is 7.31. The molecule has 1 aromatic carbocycles. The van der Waals surface area contributed by atoms with Gasteiger partial charge in [-0.1, -0.05) is 29.7 Å². The Morgan fingerprint density at radius 3 is 2.74 bits per heavy atom. The number of hydrogen-bond acceptors (Lipinski definition) is 8. The highest BCUT2D eigenvalue weighted by Crippen LogP contribution is 2.40. The summed E-state index contributed by atoms with van der Waals surface area (Å²) in [6.45, 7) is -0.150. The molecule has 0 saturated heterocycles. The van der Waals surface area contributed by atoms with Crippen LogP contribution < -0.4 is 9.47 Å². The number of sulfone groups is 1. The molecule has 3 atom stereocenters. The molecular weight excluding hydrogens is 479 g/mol. The second-order valence-corrected chi connectivity index (χ2v) is 10.8. The average molecular weight is 503 g/mol. The van der Waals surface area contributed by atoms with Gasteiger partial charge in [-0.05, 0) is 48.9 Å². The minimum Gasteiger partial charge on any atom is -0.481 e. The number of carboxylic acid groups (broad SMARTS) is 1. The van der Waals surface area contributed by atoms with E-state index in [0.717, 1.165) is 5.56 Å². The van der Waals surface area contributed by atoms with Crippen molar-refractivity contribution in [3.8, 4) is 23.5 Å². The number of fused-ring (bicyclic) bond motifs is 1. The lowest BCUT2D eigenvalue weighted by atomic mass is 9.89. The van der Waals surface area contributed by atoms with Crippen LogP contribution in [-0.4, -0.2) is 42.3 Å². The van der Waals surface area contributed by atoms with Crippen molar-refractivity contribution in [3.05, 3.63) is 57.9 Å². The molecule has 2 aromatic rings. The first kappa shape index (κ1) is 24.6. The van der Waals surface area contributed by atoms with Crippen LogP contribution in [0.5, 0.6) is 11.6 Å². The molecule has 1 fully saturated rings. The van der Waals surface area contributed by atoms with Crippen LogP contribution in [-0.2, 0) is 21.1 Å². The third kappa shape index (κ3) is 5.77. The van der Waals surface area contributed by atoms with Gasteiger partial charge in [0.25, 0.3) is 5.88 Å². The second kappa shape index (κ2) is 10.4. The fourth-order valence-corrected chi connectivity index (χ4v) is 6.30. The molecular formula is C24H23FN2O7S. The van der Waals surface area contributed by atoms with E-state index in [2.05, 4.69) is 22.0 Å². The Morgan fingerprint density at radius 1 is 1.26 bits per heavy atom. The summed E-state index contributed by atoms with van der Waals surface area (Å²) < 4.78 is 50.0. The molecule has 3 unspecified atom stereocenters. The molecule has 11 heteroatoms. The predicted octanol–water partition coefficient (Wildman–Crippen LogP) is 3.41. The highest BCUT2D eigenvalue weighted by atomic mass is 32.2. The summed E-state index contributed by atoms with van der Waals surface area (Å²) in [6, 6.07) is 6.04. The van der Waals surface area contributed by atoms with Crippen LogP contribution in [0.1, 0.15) is 48.5 Å². The minimum atomic E-state index is -3.84. The zero-order valence-corrected chi connectivity index (χ0v) is 19.5. The van der Waals surface area contributed by atoms with Gasteiger partial charge in [-0.25, -0.2) is 17.8 Å². The first-order valence-electron chi connectivity index (χ1n) is 11.1. The molecule has 0 spiro atoms. The molecule has 1 aliphatic heterocycles.